The second-order valence-electron chi connectivity index (χ2n) is 1.72. The highest BCUT2D eigenvalue weighted by atomic mass is 127. The molecular formula is C6H3Cl2IO. The first kappa shape index (κ1) is 8.43. The number of aromatic hydroxyl groups is 1. The van der Waals surface area contributed by atoms with E-state index in [1.54, 1.807) is 6.07 Å². The van der Waals surface area contributed by atoms with Crippen LogP contribution in [0.3, 0.4) is 0 Å². The molecule has 0 aliphatic heterocycles. The molecule has 1 N–H and O–H groups in total. The van der Waals surface area contributed by atoms with Crippen LogP contribution in [0.1, 0.15) is 0 Å². The zero-order valence-corrected chi connectivity index (χ0v) is 8.41. The van der Waals surface area contributed by atoms with Gasteiger partial charge in [0.15, 0.2) is 0 Å². The summed E-state index contributed by atoms with van der Waals surface area (Å²) in [4.78, 5) is 0. The molecule has 0 bridgehead atoms. The molecule has 0 aliphatic rings. The highest BCUT2D eigenvalue weighted by Gasteiger charge is 2.03. The third-order valence-electron chi connectivity index (χ3n) is 0.974. The Labute approximate surface area is 82.1 Å². The van der Waals surface area contributed by atoms with Gasteiger partial charge in [0.1, 0.15) is 5.75 Å². The fourth-order valence-electron chi connectivity index (χ4n) is 0.542. The van der Waals surface area contributed by atoms with E-state index in [9.17, 15) is 0 Å². The summed E-state index contributed by atoms with van der Waals surface area (Å²) in [5, 5.41) is 9.90. The van der Waals surface area contributed by atoms with Gasteiger partial charge in [-0.25, -0.2) is 0 Å². The molecule has 1 nitrogen and oxygen atoms in total. The highest BCUT2D eigenvalue weighted by molar-refractivity contribution is 14.1. The Bertz CT molecular complexity index is 239. The Morgan fingerprint density at radius 1 is 1.30 bits per heavy atom. The van der Waals surface area contributed by atoms with E-state index >= 15 is 0 Å². The van der Waals surface area contributed by atoms with Gasteiger partial charge in [-0.1, -0.05) is 23.2 Å². The normalized spacial score (nSPS) is 9.90. The van der Waals surface area contributed by atoms with Gasteiger partial charge in [-0.2, -0.15) is 0 Å². The van der Waals surface area contributed by atoms with Crippen LogP contribution >= 0.6 is 45.8 Å². The lowest BCUT2D eigenvalue weighted by molar-refractivity contribution is 0.475. The third kappa shape index (κ3) is 1.68. The lowest BCUT2D eigenvalue weighted by Crippen LogP contribution is -1.74. The molecule has 0 saturated carbocycles. The first-order valence-electron chi connectivity index (χ1n) is 2.45. The number of hydrogen-bond donors (Lipinski definition) is 1. The number of hydrogen-bond acceptors (Lipinski definition) is 1. The zero-order chi connectivity index (χ0) is 7.72. The van der Waals surface area contributed by atoms with Crippen LogP contribution in [-0.4, -0.2) is 5.11 Å². The van der Waals surface area contributed by atoms with Crippen molar-refractivity contribution in [3.8, 4) is 5.75 Å². The monoisotopic (exact) mass is 288 g/mol. The largest absolute Gasteiger partial charge is 0.506 e. The van der Waals surface area contributed by atoms with Gasteiger partial charge in [-0.3, -0.25) is 0 Å². The molecule has 10 heavy (non-hydrogen) atoms. The minimum Gasteiger partial charge on any atom is -0.506 e. The summed E-state index contributed by atoms with van der Waals surface area (Å²) in [6.45, 7) is 0. The number of rotatable bonds is 0. The van der Waals surface area contributed by atoms with Gasteiger partial charge in [0.2, 0.25) is 0 Å². The topological polar surface area (TPSA) is 20.2 Å². The Morgan fingerprint density at radius 2 is 1.90 bits per heavy atom. The van der Waals surface area contributed by atoms with E-state index in [2.05, 4.69) is 0 Å². The van der Waals surface area contributed by atoms with Crippen LogP contribution in [0.15, 0.2) is 12.1 Å². The summed E-state index contributed by atoms with van der Waals surface area (Å²) in [6, 6.07) is 3.09. The van der Waals surface area contributed by atoms with E-state index in [1.807, 2.05) is 22.6 Å². The number of phenols is 1. The summed E-state index contributed by atoms with van der Waals surface area (Å²) in [7, 11) is 0. The zero-order valence-electron chi connectivity index (χ0n) is 4.74. The molecule has 1 aromatic carbocycles. The SMILES string of the molecule is Oc1cc(Cl)cc(I)c1Cl. The Morgan fingerprint density at radius 3 is 2.40 bits per heavy atom. The first-order chi connectivity index (χ1) is 4.61. The Hall–Kier alpha value is 0.330. The molecular weight excluding hydrogens is 286 g/mol. The molecule has 4 heteroatoms. The van der Waals surface area contributed by atoms with E-state index in [-0.39, 0.29) is 5.75 Å². The average Bonchev–Trinajstić information content (AvgIpc) is 1.82. The summed E-state index contributed by atoms with van der Waals surface area (Å²) >= 11 is 13.2. The van der Waals surface area contributed by atoms with Crippen molar-refractivity contribution in [3.05, 3.63) is 25.7 Å². The number of benzene rings is 1. The molecule has 1 aromatic rings. The molecule has 0 heterocycles. The van der Waals surface area contributed by atoms with Crippen LogP contribution in [0.2, 0.25) is 10.0 Å². The number of halogens is 3. The maximum absolute atomic E-state index is 9.06. The second kappa shape index (κ2) is 3.15. The fraction of sp³-hybridized carbons (Fsp3) is 0. The fourth-order valence-corrected chi connectivity index (χ4v) is 1.66. The number of phenolic OH excluding ortho intramolecular Hbond substituents is 1. The summed E-state index contributed by atoms with van der Waals surface area (Å²) in [5.41, 5.74) is 0. The van der Waals surface area contributed by atoms with Crippen LogP contribution in [-0.2, 0) is 0 Å². The lowest BCUT2D eigenvalue weighted by atomic mass is 10.3. The molecule has 0 saturated heterocycles. The smallest absolute Gasteiger partial charge is 0.136 e. The lowest BCUT2D eigenvalue weighted by Gasteiger charge is -1.98. The van der Waals surface area contributed by atoms with E-state index < -0.39 is 0 Å². The van der Waals surface area contributed by atoms with Crippen LogP contribution < -0.4 is 0 Å². The molecule has 0 amide bonds. The third-order valence-corrected chi connectivity index (χ3v) is 2.76. The molecule has 0 radical (unpaired) electrons. The van der Waals surface area contributed by atoms with Gasteiger partial charge >= 0.3 is 0 Å². The van der Waals surface area contributed by atoms with Crippen molar-refractivity contribution >= 4 is 45.8 Å². The van der Waals surface area contributed by atoms with Crippen molar-refractivity contribution < 1.29 is 5.11 Å². The van der Waals surface area contributed by atoms with Crippen molar-refractivity contribution in [2.45, 2.75) is 0 Å². The Kier molecular flexibility index (Phi) is 2.66. The summed E-state index contributed by atoms with van der Waals surface area (Å²) < 4.78 is 0.754. The standard InChI is InChI=1S/C6H3Cl2IO/c7-3-1-4(9)6(8)5(10)2-3/h1-2,10H. The van der Waals surface area contributed by atoms with E-state index in [0.717, 1.165) is 3.57 Å². The van der Waals surface area contributed by atoms with Crippen molar-refractivity contribution in [2.75, 3.05) is 0 Å². The predicted octanol–water partition coefficient (Wildman–Crippen LogP) is 3.30. The van der Waals surface area contributed by atoms with Gasteiger partial charge in [0.05, 0.1) is 5.02 Å². The Balaban J connectivity index is 3.31. The second-order valence-corrected chi connectivity index (χ2v) is 3.70. The van der Waals surface area contributed by atoms with Crippen LogP contribution in [0, 0.1) is 3.57 Å². The first-order valence-corrected chi connectivity index (χ1v) is 4.28. The van der Waals surface area contributed by atoms with Gasteiger partial charge in [0, 0.05) is 14.7 Å². The van der Waals surface area contributed by atoms with Gasteiger partial charge in [0.25, 0.3) is 0 Å². The highest BCUT2D eigenvalue weighted by Crippen LogP contribution is 2.31. The van der Waals surface area contributed by atoms with Crippen LogP contribution in [0.4, 0.5) is 0 Å². The minimum atomic E-state index is 0.0265. The van der Waals surface area contributed by atoms with Crippen LogP contribution in [0.25, 0.3) is 0 Å². The summed E-state index contributed by atoms with van der Waals surface area (Å²) in [5.74, 6) is 0.0265. The van der Waals surface area contributed by atoms with Crippen molar-refractivity contribution in [1.82, 2.24) is 0 Å². The quantitative estimate of drug-likeness (QED) is 0.574. The maximum atomic E-state index is 9.06. The van der Waals surface area contributed by atoms with Crippen molar-refractivity contribution in [2.24, 2.45) is 0 Å². The predicted molar refractivity (Wildman–Crippen MR) is 50.8 cm³/mol. The molecule has 0 fully saturated rings. The average molecular weight is 289 g/mol. The van der Waals surface area contributed by atoms with Gasteiger partial charge in [-0.05, 0) is 28.7 Å². The molecule has 0 aliphatic carbocycles. The molecule has 54 valence electrons. The van der Waals surface area contributed by atoms with Crippen molar-refractivity contribution in [3.63, 3.8) is 0 Å². The van der Waals surface area contributed by atoms with Crippen LogP contribution in [0.5, 0.6) is 5.75 Å². The van der Waals surface area contributed by atoms with Crippen molar-refractivity contribution in [1.29, 1.82) is 0 Å². The van der Waals surface area contributed by atoms with E-state index in [4.69, 9.17) is 28.3 Å². The summed E-state index contributed by atoms with van der Waals surface area (Å²) in [6.07, 6.45) is 0. The van der Waals surface area contributed by atoms with Gasteiger partial charge < -0.3 is 5.11 Å². The molecule has 0 atom stereocenters. The molecule has 1 rings (SSSR count). The molecule has 0 spiro atoms. The van der Waals surface area contributed by atoms with E-state index in [0.29, 0.717) is 10.0 Å². The van der Waals surface area contributed by atoms with E-state index in [1.165, 1.54) is 6.07 Å². The maximum Gasteiger partial charge on any atom is 0.136 e. The minimum absolute atomic E-state index is 0.0265. The molecule has 0 unspecified atom stereocenters. The van der Waals surface area contributed by atoms with Gasteiger partial charge in [-0.15, -0.1) is 0 Å². The molecule has 0 aromatic heterocycles.